The summed E-state index contributed by atoms with van der Waals surface area (Å²) in [6.07, 6.45) is 3.45. The minimum absolute atomic E-state index is 0. The number of aromatic nitrogens is 1. The number of aryl methyl sites for hydroxylation is 1. The maximum absolute atomic E-state index is 12.3. The number of hydrogen-bond donors (Lipinski definition) is 1. The van der Waals surface area contributed by atoms with Crippen LogP contribution in [0.25, 0.3) is 32.1 Å². The SMILES string of the molecule is CC(C)C(C(=O)/C=C(\O)C(C(C)C)C(C)C)C(C)C.Cc1[c]([Ge]([CH3])([CH3])[CH3])sc2c(-c3[c-]c4ccccc4c(C(C)(C)C)c3)nccc12.[Ir]. The first kappa shape index (κ1) is 42.4. The van der Waals surface area contributed by atoms with Crippen LogP contribution in [0.4, 0.5) is 0 Å². The van der Waals surface area contributed by atoms with Gasteiger partial charge in [0.2, 0.25) is 0 Å². The van der Waals surface area contributed by atoms with E-state index in [9.17, 15) is 9.90 Å². The molecule has 0 aliphatic rings. The van der Waals surface area contributed by atoms with Crippen LogP contribution in [0.1, 0.15) is 87.3 Å². The van der Waals surface area contributed by atoms with Gasteiger partial charge in [-0.2, -0.15) is 0 Å². The third kappa shape index (κ3) is 9.92. The van der Waals surface area contributed by atoms with Crippen LogP contribution < -0.4 is 3.71 Å². The molecule has 6 heteroatoms. The number of aliphatic hydroxyl groups is 1. The average Bonchev–Trinajstić information content (AvgIpc) is 3.28. The van der Waals surface area contributed by atoms with Gasteiger partial charge in [-0.3, -0.25) is 4.79 Å². The van der Waals surface area contributed by atoms with Crippen molar-refractivity contribution in [2.45, 2.75) is 106 Å². The number of ketones is 1. The summed E-state index contributed by atoms with van der Waals surface area (Å²) in [6, 6.07) is 16.8. The van der Waals surface area contributed by atoms with Crippen molar-refractivity contribution in [2.24, 2.45) is 35.5 Å². The third-order valence-electron chi connectivity index (χ3n) is 9.21. The van der Waals surface area contributed by atoms with Crippen LogP contribution in [-0.2, 0) is 30.3 Å². The average molecular weight is 908 g/mol. The fourth-order valence-electron chi connectivity index (χ4n) is 7.25. The first-order valence-electron chi connectivity index (χ1n) is 17.5. The van der Waals surface area contributed by atoms with E-state index >= 15 is 0 Å². The summed E-state index contributed by atoms with van der Waals surface area (Å²) < 4.78 is 2.95. The number of benzene rings is 2. The smallest absolute Gasteiger partial charge is 0 e. The van der Waals surface area contributed by atoms with Crippen LogP contribution in [0.15, 0.2) is 54.4 Å². The Morgan fingerprint density at radius 3 is 1.92 bits per heavy atom. The van der Waals surface area contributed by atoms with E-state index < -0.39 is 13.3 Å². The Kier molecular flexibility index (Phi) is 15.0. The van der Waals surface area contributed by atoms with Crippen LogP contribution in [0.5, 0.6) is 0 Å². The van der Waals surface area contributed by atoms with E-state index in [2.05, 4.69) is 143 Å². The Balaban J connectivity index is 0.000000355. The number of carbonyl (C=O) groups excluding carboxylic acids is 1. The number of fused-ring (bicyclic) bond motifs is 2. The molecule has 0 fully saturated rings. The minimum Gasteiger partial charge on any atom is 0 e. The van der Waals surface area contributed by atoms with Gasteiger partial charge in [0, 0.05) is 38.0 Å². The topological polar surface area (TPSA) is 50.2 Å². The molecule has 1 N–H and O–H groups in total. The zero-order chi connectivity index (χ0) is 35.6. The Bertz CT molecular complexity index is 1700. The predicted octanol–water partition coefficient (Wildman–Crippen LogP) is 11.9. The molecular weight excluding hydrogens is 847 g/mol. The molecule has 0 aliphatic carbocycles. The molecule has 0 aliphatic heterocycles. The molecule has 0 saturated carbocycles. The molecule has 0 atom stereocenters. The quantitative estimate of drug-likeness (QED) is 0.0788. The molecule has 0 saturated heterocycles. The summed E-state index contributed by atoms with van der Waals surface area (Å²) in [5, 5.41) is 14.1. The van der Waals surface area contributed by atoms with Gasteiger partial charge in [0.15, 0.2) is 5.78 Å². The van der Waals surface area contributed by atoms with E-state index in [1.54, 1.807) is 3.71 Å². The van der Waals surface area contributed by atoms with Crippen molar-refractivity contribution in [3.63, 3.8) is 0 Å². The summed E-state index contributed by atoms with van der Waals surface area (Å²) in [5.74, 6) is 9.06. The van der Waals surface area contributed by atoms with Crippen LogP contribution in [0.3, 0.4) is 0 Å². The van der Waals surface area contributed by atoms with E-state index in [0.29, 0.717) is 23.7 Å². The number of rotatable bonds is 9. The van der Waals surface area contributed by atoms with E-state index in [0.717, 1.165) is 11.3 Å². The predicted molar refractivity (Wildman–Crippen MR) is 210 cm³/mol. The molecule has 2 aromatic carbocycles. The summed E-state index contributed by atoms with van der Waals surface area (Å²) in [7, 11) is 0. The van der Waals surface area contributed by atoms with E-state index in [-0.39, 0.29) is 48.9 Å². The number of pyridine rings is 1. The van der Waals surface area contributed by atoms with Crippen LogP contribution in [0, 0.1) is 48.5 Å². The number of nitrogens with zero attached hydrogens (tertiary/aromatic N) is 1. The van der Waals surface area contributed by atoms with Crippen molar-refractivity contribution in [3.8, 4) is 11.3 Å². The van der Waals surface area contributed by atoms with Gasteiger partial charge < -0.3 is 5.11 Å². The van der Waals surface area contributed by atoms with Crippen LogP contribution in [0.2, 0.25) is 17.3 Å². The zero-order valence-electron chi connectivity index (χ0n) is 32.1. The second kappa shape index (κ2) is 16.9. The number of carbonyl (C=O) groups is 1. The molecule has 48 heavy (non-hydrogen) atoms. The van der Waals surface area contributed by atoms with Gasteiger partial charge in [-0.1, -0.05) is 55.4 Å². The second-order valence-electron chi connectivity index (χ2n) is 16.7. The van der Waals surface area contributed by atoms with Gasteiger partial charge in [0.1, 0.15) is 0 Å². The molecule has 3 nitrogen and oxygen atoms in total. The second-order valence-corrected chi connectivity index (χ2v) is 29.0. The molecule has 0 spiro atoms. The van der Waals surface area contributed by atoms with Crippen molar-refractivity contribution in [3.05, 3.63) is 71.6 Å². The standard InChI is InChI=1S/C25H28GeNS.C17H32O2.Ir/c1-16-19-12-13-27-22(23(19)28-24(16)26(5,6)7)18-14-17-10-8-9-11-20(17)21(15-18)25(2,3)4;1-10(2)16(11(3)4)14(18)9-15(19)17(12(5)6)13(7)8;/h8-13,15H,1-7H3;9-13,16-18H,1-8H3;/q-1;;/b;14-9-;. The number of allylic oxidation sites excluding steroid dienone is 2. The summed E-state index contributed by atoms with van der Waals surface area (Å²) in [5.41, 5.74) is 5.09. The monoisotopic (exact) mass is 909 g/mol. The first-order chi connectivity index (χ1) is 21.7. The van der Waals surface area contributed by atoms with Gasteiger partial charge in [-0.05, 0) is 23.7 Å². The van der Waals surface area contributed by atoms with Crippen molar-refractivity contribution >= 4 is 55.0 Å². The molecule has 0 amide bonds. The van der Waals surface area contributed by atoms with Crippen molar-refractivity contribution < 1.29 is 30.0 Å². The van der Waals surface area contributed by atoms with Crippen molar-refractivity contribution in [1.29, 1.82) is 0 Å². The largest absolute Gasteiger partial charge is 0 e. The maximum Gasteiger partial charge on any atom is 0 e. The molecule has 0 bridgehead atoms. The van der Waals surface area contributed by atoms with Crippen LogP contribution >= 0.6 is 11.3 Å². The third-order valence-corrected chi connectivity index (χ3v) is 17.8. The Morgan fingerprint density at radius 2 is 1.42 bits per heavy atom. The van der Waals surface area contributed by atoms with Crippen molar-refractivity contribution in [1.82, 2.24) is 4.98 Å². The van der Waals surface area contributed by atoms with Gasteiger partial charge >= 0.3 is 176 Å². The molecule has 2 heterocycles. The summed E-state index contributed by atoms with van der Waals surface area (Å²) in [4.78, 5) is 17.2. The molecule has 0 unspecified atom stereocenters. The maximum atomic E-state index is 12.3. The Hall–Kier alpha value is -1.79. The fraction of sp³-hybridized carbons (Fsp3) is 0.524. The molecule has 1 radical (unpaired) electrons. The first-order valence-corrected chi connectivity index (χ1v) is 25.6. The fourth-order valence-corrected chi connectivity index (χ4v) is 13.8. The number of aliphatic hydroxyl groups excluding tert-OH is 1. The molecule has 265 valence electrons. The molecule has 4 aromatic rings. The van der Waals surface area contributed by atoms with Gasteiger partial charge in [0.25, 0.3) is 0 Å². The van der Waals surface area contributed by atoms with Crippen molar-refractivity contribution in [2.75, 3.05) is 0 Å². The molecule has 2 aromatic heterocycles. The number of thiophene rings is 1. The zero-order valence-corrected chi connectivity index (χ0v) is 37.4. The Labute approximate surface area is 312 Å². The summed E-state index contributed by atoms with van der Waals surface area (Å²) in [6.45, 7) is 25.7. The van der Waals surface area contributed by atoms with E-state index in [1.807, 2.05) is 17.5 Å². The van der Waals surface area contributed by atoms with Crippen LogP contribution in [-0.4, -0.2) is 29.1 Å². The molecular formula is C42H60GeIrNO2S-. The van der Waals surface area contributed by atoms with Gasteiger partial charge in [-0.15, -0.1) is 0 Å². The normalized spacial score (nSPS) is 12.9. The Morgan fingerprint density at radius 1 is 0.875 bits per heavy atom. The van der Waals surface area contributed by atoms with Gasteiger partial charge in [0.05, 0.1) is 5.76 Å². The number of hydrogen-bond acceptors (Lipinski definition) is 4. The van der Waals surface area contributed by atoms with E-state index in [1.165, 1.54) is 38.1 Å². The molecule has 4 rings (SSSR count). The summed E-state index contributed by atoms with van der Waals surface area (Å²) >= 11 is 0.0502. The minimum atomic E-state index is -1.92. The van der Waals surface area contributed by atoms with E-state index in [4.69, 9.17) is 4.98 Å². The van der Waals surface area contributed by atoms with Gasteiger partial charge in [-0.25, -0.2) is 0 Å².